The van der Waals surface area contributed by atoms with E-state index in [4.69, 9.17) is 5.11 Å². The Kier molecular flexibility index (Phi) is 1.33. The van der Waals surface area contributed by atoms with Gasteiger partial charge in [0.05, 0.1) is 10.9 Å². The number of aromatic hydroxyl groups is 1. The first-order valence-corrected chi connectivity index (χ1v) is 3.38. The van der Waals surface area contributed by atoms with E-state index in [9.17, 15) is 5.11 Å². The second-order valence-electron chi connectivity index (χ2n) is 2.38. The number of hydrogen-bond acceptors (Lipinski definition) is 3. The van der Waals surface area contributed by atoms with Crippen LogP contribution in [0.15, 0.2) is 24.5 Å². The zero-order chi connectivity index (χ0) is 8.55. The molecule has 1 aromatic carbocycles. The molecule has 12 heavy (non-hydrogen) atoms. The highest BCUT2D eigenvalue weighted by Gasteiger charge is 2.03. The van der Waals surface area contributed by atoms with Gasteiger partial charge in [-0.05, 0) is 18.2 Å². The van der Waals surface area contributed by atoms with Gasteiger partial charge in [0.15, 0.2) is 0 Å². The fourth-order valence-corrected chi connectivity index (χ4v) is 1.02. The maximum Gasteiger partial charge on any atom is 0.280 e. The van der Waals surface area contributed by atoms with Crippen LogP contribution in [0.25, 0.3) is 10.9 Å². The monoisotopic (exact) mass is 161 g/mol. The van der Waals surface area contributed by atoms with Crippen molar-refractivity contribution in [2.75, 3.05) is 0 Å². The summed E-state index contributed by atoms with van der Waals surface area (Å²) in [6.07, 6.45) is 1.21. The molecule has 1 aromatic heterocycles. The lowest BCUT2D eigenvalue weighted by atomic mass is 10.2. The number of fused-ring (bicyclic) bond motifs is 1. The van der Waals surface area contributed by atoms with Crippen molar-refractivity contribution >= 4 is 10.9 Å². The summed E-state index contributed by atoms with van der Waals surface area (Å²) in [7, 11) is 0. The van der Waals surface area contributed by atoms with Gasteiger partial charge in [-0.15, -0.1) is 0 Å². The number of rotatable bonds is 0. The van der Waals surface area contributed by atoms with E-state index in [-0.39, 0.29) is 11.6 Å². The molecule has 0 aliphatic rings. The quantitative estimate of drug-likeness (QED) is 0.636. The zero-order valence-corrected chi connectivity index (χ0v) is 6.06. The van der Waals surface area contributed by atoms with Crippen LogP contribution in [0.4, 0.5) is 0 Å². The van der Waals surface area contributed by atoms with Crippen molar-refractivity contribution in [3.8, 4) is 11.6 Å². The normalized spacial score (nSPS) is 10.3. The van der Waals surface area contributed by atoms with E-state index in [1.807, 2.05) is 0 Å². The molecule has 2 aromatic rings. The maximum atomic E-state index is 11.1. The molecular weight excluding hydrogens is 156 g/mol. The smallest absolute Gasteiger partial charge is 0.280 e. The first-order valence-electron chi connectivity index (χ1n) is 3.38. The fraction of sp³-hybridized carbons (Fsp3) is 0. The van der Waals surface area contributed by atoms with Gasteiger partial charge in [-0.25, -0.2) is 4.98 Å². The van der Waals surface area contributed by atoms with Crippen LogP contribution in [0.5, 0.6) is 11.6 Å². The summed E-state index contributed by atoms with van der Waals surface area (Å²) in [5, 5.41) is 20.5. The third-order valence-electron chi connectivity index (χ3n) is 1.58. The Morgan fingerprint density at radius 3 is 2.92 bits per heavy atom. The standard InChI is InChI=1S/C8H5N2O2/c11-5-1-2-7-6(3-5)8(12)10-4-9-7/h1-4,11H. The lowest BCUT2D eigenvalue weighted by molar-refractivity contribution is 0.342. The molecule has 0 aliphatic carbocycles. The molecule has 1 radical (unpaired) electrons. The molecule has 0 unspecified atom stereocenters. The van der Waals surface area contributed by atoms with E-state index in [0.29, 0.717) is 10.9 Å². The van der Waals surface area contributed by atoms with Gasteiger partial charge in [0.2, 0.25) is 0 Å². The molecule has 1 N–H and O–H groups in total. The summed E-state index contributed by atoms with van der Waals surface area (Å²) in [5.74, 6) is -0.315. The molecule has 59 valence electrons. The molecule has 0 saturated carbocycles. The highest BCUT2D eigenvalue weighted by atomic mass is 16.3. The number of phenolic OH excluding ortho intramolecular Hbond substituents is 1. The lowest BCUT2D eigenvalue weighted by Gasteiger charge is -1.96. The van der Waals surface area contributed by atoms with Gasteiger partial charge in [-0.1, -0.05) is 0 Å². The van der Waals surface area contributed by atoms with Gasteiger partial charge in [0.25, 0.3) is 5.88 Å². The zero-order valence-electron chi connectivity index (χ0n) is 6.06. The third kappa shape index (κ3) is 0.934. The molecule has 4 heteroatoms. The summed E-state index contributed by atoms with van der Waals surface area (Å²) in [4.78, 5) is 7.33. The van der Waals surface area contributed by atoms with Crippen LogP contribution in [-0.4, -0.2) is 15.1 Å². The molecular formula is C8H5N2O2. The molecule has 0 aliphatic heterocycles. The van der Waals surface area contributed by atoms with Crippen LogP contribution in [0.2, 0.25) is 0 Å². The average molecular weight is 161 g/mol. The van der Waals surface area contributed by atoms with Crippen molar-refractivity contribution in [2.24, 2.45) is 0 Å². The molecule has 4 nitrogen and oxygen atoms in total. The van der Waals surface area contributed by atoms with Gasteiger partial charge in [-0.2, -0.15) is 4.98 Å². The molecule has 2 rings (SSSR count). The number of hydrogen-bond donors (Lipinski definition) is 1. The first-order chi connectivity index (χ1) is 5.77. The first kappa shape index (κ1) is 6.84. The van der Waals surface area contributed by atoms with E-state index in [2.05, 4.69) is 9.97 Å². The van der Waals surface area contributed by atoms with Crippen molar-refractivity contribution < 1.29 is 10.2 Å². The van der Waals surface area contributed by atoms with Crippen molar-refractivity contribution in [1.82, 2.24) is 9.97 Å². The highest BCUT2D eigenvalue weighted by molar-refractivity contribution is 5.83. The SMILES string of the molecule is [O]c1ncnc2ccc(O)cc12. The predicted octanol–water partition coefficient (Wildman–Crippen LogP) is 1.48. The van der Waals surface area contributed by atoms with E-state index in [1.54, 1.807) is 6.07 Å². The van der Waals surface area contributed by atoms with E-state index in [0.717, 1.165) is 0 Å². The number of benzene rings is 1. The Hall–Kier alpha value is -1.84. The average Bonchev–Trinajstić information content (AvgIpc) is 2.07. The molecule has 0 amide bonds. The van der Waals surface area contributed by atoms with Gasteiger partial charge < -0.3 is 5.11 Å². The summed E-state index contributed by atoms with van der Waals surface area (Å²) in [6, 6.07) is 4.42. The molecule has 0 fully saturated rings. The Labute approximate surface area is 68.1 Å². The van der Waals surface area contributed by atoms with Gasteiger partial charge in [0.1, 0.15) is 12.1 Å². The number of aromatic nitrogens is 2. The Balaban J connectivity index is 2.88. The second-order valence-corrected chi connectivity index (χ2v) is 2.38. The Morgan fingerprint density at radius 2 is 2.08 bits per heavy atom. The minimum atomic E-state index is -0.365. The van der Waals surface area contributed by atoms with Crippen molar-refractivity contribution in [3.05, 3.63) is 24.5 Å². The van der Waals surface area contributed by atoms with Crippen LogP contribution in [0.1, 0.15) is 0 Å². The number of nitrogens with zero attached hydrogens (tertiary/aromatic N) is 2. The fourth-order valence-electron chi connectivity index (χ4n) is 1.02. The van der Waals surface area contributed by atoms with Crippen molar-refractivity contribution in [1.29, 1.82) is 0 Å². The lowest BCUT2D eigenvalue weighted by Crippen LogP contribution is -1.81. The summed E-state index contributed by atoms with van der Waals surface area (Å²) in [6.45, 7) is 0. The molecule has 0 spiro atoms. The third-order valence-corrected chi connectivity index (χ3v) is 1.58. The van der Waals surface area contributed by atoms with E-state index in [1.165, 1.54) is 18.5 Å². The summed E-state index contributed by atoms with van der Waals surface area (Å²) in [5.41, 5.74) is 0.549. The topological polar surface area (TPSA) is 65.9 Å². The highest BCUT2D eigenvalue weighted by Crippen LogP contribution is 2.23. The molecule has 0 atom stereocenters. The van der Waals surface area contributed by atoms with Crippen LogP contribution in [0.3, 0.4) is 0 Å². The summed E-state index contributed by atoms with van der Waals surface area (Å²) < 4.78 is 0. The number of phenols is 1. The van der Waals surface area contributed by atoms with Crippen LogP contribution in [-0.2, 0) is 5.11 Å². The predicted molar refractivity (Wildman–Crippen MR) is 41.3 cm³/mol. The van der Waals surface area contributed by atoms with Crippen LogP contribution in [0, 0.1) is 0 Å². The molecule has 0 saturated heterocycles. The Bertz CT molecular complexity index is 428. The van der Waals surface area contributed by atoms with Crippen molar-refractivity contribution in [3.63, 3.8) is 0 Å². The van der Waals surface area contributed by atoms with Crippen LogP contribution >= 0.6 is 0 Å². The maximum absolute atomic E-state index is 11.1. The largest absolute Gasteiger partial charge is 0.508 e. The molecule has 0 bridgehead atoms. The van der Waals surface area contributed by atoms with Gasteiger partial charge >= 0.3 is 0 Å². The minimum Gasteiger partial charge on any atom is -0.508 e. The van der Waals surface area contributed by atoms with Gasteiger partial charge in [0, 0.05) is 0 Å². The molecule has 1 heterocycles. The second kappa shape index (κ2) is 2.34. The van der Waals surface area contributed by atoms with Gasteiger partial charge in [-0.3, -0.25) is 5.11 Å². The summed E-state index contributed by atoms with van der Waals surface area (Å²) >= 11 is 0. The van der Waals surface area contributed by atoms with E-state index >= 15 is 0 Å². The Morgan fingerprint density at radius 1 is 1.25 bits per heavy atom. The van der Waals surface area contributed by atoms with E-state index < -0.39 is 0 Å². The minimum absolute atomic E-state index is 0.0504. The van der Waals surface area contributed by atoms with Crippen molar-refractivity contribution in [2.45, 2.75) is 0 Å². The van der Waals surface area contributed by atoms with Crippen LogP contribution < -0.4 is 0 Å².